The lowest BCUT2D eigenvalue weighted by atomic mass is 10.1. The molecule has 0 aromatic heterocycles. The summed E-state index contributed by atoms with van der Waals surface area (Å²) < 4.78 is 23.4. The van der Waals surface area contributed by atoms with E-state index in [4.69, 9.17) is 9.47 Å². The standard InChI is InChI=1S/C14H19FO3/c1-10-9-11(5-6-12(10)15)13(16)18-8-7-14(2,3)17-4/h5-6,9H,7-8H2,1-4H3. The van der Waals surface area contributed by atoms with Gasteiger partial charge in [0.05, 0.1) is 17.8 Å². The van der Waals surface area contributed by atoms with Gasteiger partial charge in [-0.15, -0.1) is 0 Å². The van der Waals surface area contributed by atoms with Crippen molar-refractivity contribution in [3.63, 3.8) is 0 Å². The Morgan fingerprint density at radius 3 is 2.61 bits per heavy atom. The van der Waals surface area contributed by atoms with Gasteiger partial charge in [0.15, 0.2) is 0 Å². The Balaban J connectivity index is 2.53. The summed E-state index contributed by atoms with van der Waals surface area (Å²) in [4.78, 5) is 11.7. The summed E-state index contributed by atoms with van der Waals surface area (Å²) in [5.74, 6) is -0.767. The molecule has 100 valence electrons. The Hall–Kier alpha value is -1.42. The molecule has 1 rings (SSSR count). The third-order valence-corrected chi connectivity index (χ3v) is 2.88. The van der Waals surface area contributed by atoms with Gasteiger partial charge in [-0.1, -0.05) is 0 Å². The maximum absolute atomic E-state index is 13.0. The van der Waals surface area contributed by atoms with Crippen LogP contribution in [0.1, 0.15) is 36.2 Å². The van der Waals surface area contributed by atoms with Gasteiger partial charge in [-0.05, 0) is 44.5 Å². The highest BCUT2D eigenvalue weighted by Gasteiger charge is 2.17. The first-order chi connectivity index (χ1) is 8.35. The fraction of sp³-hybridized carbons (Fsp3) is 0.500. The van der Waals surface area contributed by atoms with E-state index < -0.39 is 5.97 Å². The van der Waals surface area contributed by atoms with Gasteiger partial charge < -0.3 is 9.47 Å². The number of benzene rings is 1. The number of hydrogen-bond donors (Lipinski definition) is 0. The number of hydrogen-bond acceptors (Lipinski definition) is 3. The third kappa shape index (κ3) is 4.11. The van der Waals surface area contributed by atoms with Gasteiger partial charge >= 0.3 is 5.97 Å². The molecular weight excluding hydrogens is 235 g/mol. The Morgan fingerprint density at radius 2 is 2.06 bits per heavy atom. The van der Waals surface area contributed by atoms with Crippen molar-refractivity contribution < 1.29 is 18.7 Å². The summed E-state index contributed by atoms with van der Waals surface area (Å²) in [5.41, 5.74) is 0.477. The molecule has 1 aromatic rings. The monoisotopic (exact) mass is 254 g/mol. The van der Waals surface area contributed by atoms with Gasteiger partial charge in [0.2, 0.25) is 0 Å². The molecule has 0 aliphatic rings. The zero-order valence-corrected chi connectivity index (χ0v) is 11.2. The SMILES string of the molecule is COC(C)(C)CCOC(=O)c1ccc(F)c(C)c1. The fourth-order valence-corrected chi connectivity index (χ4v) is 1.35. The molecule has 0 saturated heterocycles. The number of esters is 1. The lowest BCUT2D eigenvalue weighted by molar-refractivity contribution is -0.00563. The molecule has 18 heavy (non-hydrogen) atoms. The second-order valence-corrected chi connectivity index (χ2v) is 4.81. The van der Waals surface area contributed by atoms with Crippen molar-refractivity contribution in [2.24, 2.45) is 0 Å². The van der Waals surface area contributed by atoms with Gasteiger partial charge in [-0.25, -0.2) is 9.18 Å². The van der Waals surface area contributed by atoms with Gasteiger partial charge in [-0.2, -0.15) is 0 Å². The van der Waals surface area contributed by atoms with Crippen LogP contribution in [0.25, 0.3) is 0 Å². The lowest BCUT2D eigenvalue weighted by Crippen LogP contribution is -2.25. The van der Waals surface area contributed by atoms with Crippen molar-refractivity contribution in [2.75, 3.05) is 13.7 Å². The van der Waals surface area contributed by atoms with Crippen LogP contribution in [0.3, 0.4) is 0 Å². The van der Waals surface area contributed by atoms with Crippen LogP contribution < -0.4 is 0 Å². The molecule has 0 radical (unpaired) electrons. The van der Waals surface area contributed by atoms with E-state index in [1.807, 2.05) is 13.8 Å². The molecule has 0 heterocycles. The highest BCUT2D eigenvalue weighted by molar-refractivity contribution is 5.89. The van der Waals surface area contributed by atoms with E-state index >= 15 is 0 Å². The number of halogens is 1. The average Bonchev–Trinajstić information content (AvgIpc) is 2.32. The normalized spacial score (nSPS) is 11.4. The lowest BCUT2D eigenvalue weighted by Gasteiger charge is -2.22. The van der Waals surface area contributed by atoms with E-state index in [-0.39, 0.29) is 18.0 Å². The second-order valence-electron chi connectivity index (χ2n) is 4.81. The van der Waals surface area contributed by atoms with Gasteiger partial charge in [0.25, 0.3) is 0 Å². The van der Waals surface area contributed by atoms with Crippen LogP contribution in [0.4, 0.5) is 4.39 Å². The summed E-state index contributed by atoms with van der Waals surface area (Å²) in [6.45, 7) is 5.72. The molecule has 0 N–H and O–H groups in total. The van der Waals surface area contributed by atoms with Crippen LogP contribution in [-0.2, 0) is 9.47 Å². The van der Waals surface area contributed by atoms with Gasteiger partial charge in [0, 0.05) is 13.5 Å². The predicted octanol–water partition coefficient (Wildman–Crippen LogP) is 3.11. The summed E-state index contributed by atoms with van der Waals surface area (Å²) >= 11 is 0. The highest BCUT2D eigenvalue weighted by Crippen LogP contribution is 2.14. The van der Waals surface area contributed by atoms with Crippen LogP contribution in [0, 0.1) is 12.7 Å². The zero-order chi connectivity index (χ0) is 13.8. The van der Waals surface area contributed by atoms with Crippen molar-refractivity contribution in [1.82, 2.24) is 0 Å². The molecule has 4 heteroatoms. The smallest absolute Gasteiger partial charge is 0.338 e. The number of methoxy groups -OCH3 is 1. The Bertz CT molecular complexity index is 427. The van der Waals surface area contributed by atoms with Crippen molar-refractivity contribution in [2.45, 2.75) is 32.8 Å². The van der Waals surface area contributed by atoms with Crippen molar-refractivity contribution >= 4 is 5.97 Å². The minimum atomic E-state index is -0.440. The zero-order valence-electron chi connectivity index (χ0n) is 11.2. The fourth-order valence-electron chi connectivity index (χ4n) is 1.35. The minimum absolute atomic E-state index is 0.274. The second kappa shape index (κ2) is 5.96. The first-order valence-corrected chi connectivity index (χ1v) is 5.84. The molecule has 3 nitrogen and oxygen atoms in total. The van der Waals surface area contributed by atoms with E-state index in [0.717, 1.165) is 0 Å². The summed E-state index contributed by atoms with van der Waals surface area (Å²) in [5, 5.41) is 0. The Labute approximate surface area is 107 Å². The highest BCUT2D eigenvalue weighted by atomic mass is 19.1. The Morgan fingerprint density at radius 1 is 1.39 bits per heavy atom. The molecule has 0 saturated carbocycles. The van der Waals surface area contributed by atoms with E-state index in [1.165, 1.54) is 18.2 Å². The topological polar surface area (TPSA) is 35.5 Å². The Kier molecular flexibility index (Phi) is 4.84. The van der Waals surface area contributed by atoms with E-state index in [1.54, 1.807) is 14.0 Å². The molecule has 0 aliphatic carbocycles. The minimum Gasteiger partial charge on any atom is -0.462 e. The molecule has 0 atom stereocenters. The summed E-state index contributed by atoms with van der Waals surface area (Å²) in [6, 6.07) is 4.18. The maximum Gasteiger partial charge on any atom is 0.338 e. The number of aryl methyl sites for hydroxylation is 1. The van der Waals surface area contributed by atoms with E-state index in [0.29, 0.717) is 17.5 Å². The molecule has 0 bridgehead atoms. The van der Waals surface area contributed by atoms with Crippen LogP contribution in [-0.4, -0.2) is 25.3 Å². The number of rotatable bonds is 5. The number of ether oxygens (including phenoxy) is 2. The molecule has 0 fully saturated rings. The maximum atomic E-state index is 13.0. The molecule has 0 spiro atoms. The molecule has 1 aromatic carbocycles. The van der Waals surface area contributed by atoms with E-state index in [2.05, 4.69) is 0 Å². The molecule has 0 unspecified atom stereocenters. The molecule has 0 amide bonds. The predicted molar refractivity (Wildman–Crippen MR) is 67.1 cm³/mol. The van der Waals surface area contributed by atoms with Gasteiger partial charge in [0.1, 0.15) is 5.82 Å². The van der Waals surface area contributed by atoms with Crippen molar-refractivity contribution in [3.8, 4) is 0 Å². The first kappa shape index (κ1) is 14.6. The van der Waals surface area contributed by atoms with Crippen LogP contribution in [0.5, 0.6) is 0 Å². The molecular formula is C14H19FO3. The first-order valence-electron chi connectivity index (χ1n) is 5.84. The van der Waals surface area contributed by atoms with Crippen molar-refractivity contribution in [3.05, 3.63) is 35.1 Å². The number of carbonyl (C=O) groups excluding carboxylic acids is 1. The molecule has 0 aliphatic heterocycles. The van der Waals surface area contributed by atoms with Crippen molar-refractivity contribution in [1.29, 1.82) is 0 Å². The average molecular weight is 254 g/mol. The van der Waals surface area contributed by atoms with Crippen LogP contribution in [0.2, 0.25) is 0 Å². The number of carbonyl (C=O) groups is 1. The summed E-state index contributed by atoms with van der Waals surface area (Å²) in [7, 11) is 1.62. The van der Waals surface area contributed by atoms with Crippen LogP contribution in [0.15, 0.2) is 18.2 Å². The third-order valence-electron chi connectivity index (χ3n) is 2.88. The van der Waals surface area contributed by atoms with Crippen LogP contribution >= 0.6 is 0 Å². The summed E-state index contributed by atoms with van der Waals surface area (Å²) in [6.07, 6.45) is 0.607. The largest absolute Gasteiger partial charge is 0.462 e. The van der Waals surface area contributed by atoms with Gasteiger partial charge in [-0.3, -0.25) is 0 Å². The van der Waals surface area contributed by atoms with E-state index in [9.17, 15) is 9.18 Å². The quantitative estimate of drug-likeness (QED) is 0.757.